The number of esters is 3. The van der Waals surface area contributed by atoms with Crippen LogP contribution in [0.25, 0.3) is 0 Å². The molecule has 47 heavy (non-hydrogen) atoms. The van der Waals surface area contributed by atoms with Crippen LogP contribution < -0.4 is 0 Å². The molecule has 0 radical (unpaired) electrons. The summed E-state index contributed by atoms with van der Waals surface area (Å²) in [5, 5.41) is 0. The van der Waals surface area contributed by atoms with E-state index in [9.17, 15) is 14.4 Å². The molecule has 0 aliphatic rings. The van der Waals surface area contributed by atoms with Crippen molar-refractivity contribution < 1.29 is 28.6 Å². The van der Waals surface area contributed by atoms with Crippen LogP contribution in [0.2, 0.25) is 0 Å². The molecule has 1 atom stereocenters. The number of rotatable bonds is 35. The third kappa shape index (κ3) is 35.5. The van der Waals surface area contributed by atoms with Gasteiger partial charge >= 0.3 is 17.9 Å². The zero-order chi connectivity index (χ0) is 34.8. The molecule has 0 saturated carbocycles. The van der Waals surface area contributed by atoms with Gasteiger partial charge in [-0.2, -0.15) is 0 Å². The topological polar surface area (TPSA) is 78.9 Å². The molecule has 0 N–H and O–H groups in total. The van der Waals surface area contributed by atoms with E-state index in [4.69, 9.17) is 14.2 Å². The minimum Gasteiger partial charge on any atom is -0.462 e. The summed E-state index contributed by atoms with van der Waals surface area (Å²) in [5.74, 6) is 0.732. The van der Waals surface area contributed by atoms with E-state index in [-0.39, 0.29) is 31.1 Å². The Hall–Kier alpha value is -1.59. The van der Waals surface area contributed by atoms with Crippen LogP contribution in [0.5, 0.6) is 0 Å². The minimum absolute atomic E-state index is 0.0671. The molecule has 0 fully saturated rings. The lowest BCUT2D eigenvalue weighted by atomic mass is 10.0. The van der Waals surface area contributed by atoms with Crippen molar-refractivity contribution in [1.82, 2.24) is 0 Å². The highest BCUT2D eigenvalue weighted by molar-refractivity contribution is 5.71. The van der Waals surface area contributed by atoms with Crippen LogP contribution in [-0.4, -0.2) is 37.2 Å². The molecule has 0 aromatic rings. The van der Waals surface area contributed by atoms with E-state index in [0.29, 0.717) is 19.3 Å². The third-order valence-corrected chi connectivity index (χ3v) is 8.97. The first kappa shape index (κ1) is 45.4. The van der Waals surface area contributed by atoms with E-state index >= 15 is 0 Å². The molecule has 0 bridgehead atoms. The van der Waals surface area contributed by atoms with Gasteiger partial charge in [-0.25, -0.2) is 0 Å². The zero-order valence-corrected chi connectivity index (χ0v) is 31.9. The molecule has 0 heterocycles. The van der Waals surface area contributed by atoms with Gasteiger partial charge < -0.3 is 14.2 Å². The van der Waals surface area contributed by atoms with Crippen LogP contribution in [0.15, 0.2) is 0 Å². The summed E-state index contributed by atoms with van der Waals surface area (Å²) in [6.07, 6.45) is 29.8. The molecule has 0 rings (SSSR count). The molecule has 0 amide bonds. The maximum atomic E-state index is 12.6. The largest absolute Gasteiger partial charge is 0.462 e. The predicted molar refractivity (Wildman–Crippen MR) is 196 cm³/mol. The lowest BCUT2D eigenvalue weighted by molar-refractivity contribution is -0.167. The maximum absolute atomic E-state index is 12.6. The summed E-state index contributed by atoms with van der Waals surface area (Å²) in [6, 6.07) is 0. The van der Waals surface area contributed by atoms with Crippen LogP contribution in [0.3, 0.4) is 0 Å². The summed E-state index contributed by atoms with van der Waals surface area (Å²) >= 11 is 0. The third-order valence-electron chi connectivity index (χ3n) is 8.97. The number of ether oxygens (including phenoxy) is 3. The van der Waals surface area contributed by atoms with Gasteiger partial charge in [0, 0.05) is 19.3 Å². The molecule has 278 valence electrons. The van der Waals surface area contributed by atoms with Crippen molar-refractivity contribution in [3.05, 3.63) is 0 Å². The van der Waals surface area contributed by atoms with E-state index < -0.39 is 6.10 Å². The Morgan fingerprint density at radius 2 is 0.702 bits per heavy atom. The van der Waals surface area contributed by atoms with Crippen molar-refractivity contribution in [2.75, 3.05) is 13.2 Å². The SMILES string of the molecule is CCCCCCCC(=O)OC[C@@H](COC(=O)CCCCCCCCCCCCC(C)C)OC(=O)CCCCCCCCCCC(C)C. The fraction of sp³-hybridized carbons (Fsp3) is 0.927. The summed E-state index contributed by atoms with van der Waals surface area (Å²) in [7, 11) is 0. The van der Waals surface area contributed by atoms with Gasteiger partial charge in [-0.3, -0.25) is 14.4 Å². The molecular weight excluding hydrogens is 588 g/mol. The predicted octanol–water partition coefficient (Wildman–Crippen LogP) is 12.2. The summed E-state index contributed by atoms with van der Waals surface area (Å²) in [6.45, 7) is 11.2. The van der Waals surface area contributed by atoms with Gasteiger partial charge in [0.05, 0.1) is 0 Å². The van der Waals surface area contributed by atoms with Crippen molar-refractivity contribution in [1.29, 1.82) is 0 Å². The quantitative estimate of drug-likeness (QED) is 0.0380. The molecule has 0 spiro atoms. The summed E-state index contributed by atoms with van der Waals surface area (Å²) < 4.78 is 16.5. The first-order valence-corrected chi connectivity index (χ1v) is 20.2. The van der Waals surface area contributed by atoms with Gasteiger partial charge in [-0.1, -0.05) is 176 Å². The van der Waals surface area contributed by atoms with Crippen molar-refractivity contribution in [2.24, 2.45) is 11.8 Å². The van der Waals surface area contributed by atoms with Crippen LogP contribution >= 0.6 is 0 Å². The summed E-state index contributed by atoms with van der Waals surface area (Å²) in [5.41, 5.74) is 0. The molecule has 0 aliphatic carbocycles. The first-order chi connectivity index (χ1) is 22.7. The van der Waals surface area contributed by atoms with Gasteiger partial charge in [0.25, 0.3) is 0 Å². The van der Waals surface area contributed by atoms with Gasteiger partial charge in [0.15, 0.2) is 6.10 Å². The molecule has 6 heteroatoms. The van der Waals surface area contributed by atoms with E-state index in [2.05, 4.69) is 34.6 Å². The fourth-order valence-electron chi connectivity index (χ4n) is 5.87. The van der Waals surface area contributed by atoms with Crippen molar-refractivity contribution >= 4 is 17.9 Å². The first-order valence-electron chi connectivity index (χ1n) is 20.2. The fourth-order valence-corrected chi connectivity index (χ4v) is 5.87. The van der Waals surface area contributed by atoms with Gasteiger partial charge in [-0.05, 0) is 31.1 Å². The van der Waals surface area contributed by atoms with E-state index in [0.717, 1.165) is 76.0 Å². The normalized spacial score (nSPS) is 12.1. The maximum Gasteiger partial charge on any atom is 0.306 e. The van der Waals surface area contributed by atoms with Crippen molar-refractivity contribution in [3.63, 3.8) is 0 Å². The smallest absolute Gasteiger partial charge is 0.306 e. The lowest BCUT2D eigenvalue weighted by Crippen LogP contribution is -2.30. The van der Waals surface area contributed by atoms with E-state index in [1.807, 2.05) is 0 Å². The van der Waals surface area contributed by atoms with Crippen molar-refractivity contribution in [2.45, 2.75) is 221 Å². The molecule has 0 saturated heterocycles. The minimum atomic E-state index is -0.758. The van der Waals surface area contributed by atoms with E-state index in [1.165, 1.54) is 96.3 Å². The standard InChI is InChI=1S/C41H78O6/c1-6-7-8-19-26-31-39(42)45-34-38(47-41(44)33-28-23-18-14-13-16-21-25-30-37(4)5)35-46-40(43)32-27-22-17-12-10-9-11-15-20-24-29-36(2)3/h36-38H,6-35H2,1-5H3/t38-/m0/s1. The van der Waals surface area contributed by atoms with Crippen molar-refractivity contribution in [3.8, 4) is 0 Å². The number of hydrogen-bond donors (Lipinski definition) is 0. The highest BCUT2D eigenvalue weighted by Gasteiger charge is 2.19. The van der Waals surface area contributed by atoms with Gasteiger partial charge in [0.1, 0.15) is 13.2 Å². The summed E-state index contributed by atoms with van der Waals surface area (Å²) in [4.78, 5) is 37.3. The molecule has 0 aromatic heterocycles. The highest BCUT2D eigenvalue weighted by Crippen LogP contribution is 2.16. The second-order valence-electron chi connectivity index (χ2n) is 14.9. The average Bonchev–Trinajstić information content (AvgIpc) is 3.03. The van der Waals surface area contributed by atoms with Crippen LogP contribution in [0.1, 0.15) is 214 Å². The van der Waals surface area contributed by atoms with Crippen LogP contribution in [0.4, 0.5) is 0 Å². The average molecular weight is 667 g/mol. The molecule has 6 nitrogen and oxygen atoms in total. The highest BCUT2D eigenvalue weighted by atomic mass is 16.6. The Kier molecular flexibility index (Phi) is 33.1. The number of hydrogen-bond acceptors (Lipinski definition) is 6. The van der Waals surface area contributed by atoms with Gasteiger partial charge in [0.2, 0.25) is 0 Å². The number of carbonyl (C=O) groups excluding carboxylic acids is 3. The van der Waals surface area contributed by atoms with Crippen LogP contribution in [0, 0.1) is 11.8 Å². The van der Waals surface area contributed by atoms with Gasteiger partial charge in [-0.15, -0.1) is 0 Å². The second kappa shape index (κ2) is 34.3. The van der Waals surface area contributed by atoms with Crippen LogP contribution in [-0.2, 0) is 28.6 Å². The second-order valence-corrected chi connectivity index (χ2v) is 14.9. The molecule has 0 aliphatic heterocycles. The Balaban J connectivity index is 4.25. The molecule has 0 aromatic carbocycles. The molecular formula is C41H78O6. The van der Waals surface area contributed by atoms with E-state index in [1.54, 1.807) is 0 Å². The Morgan fingerprint density at radius 1 is 0.404 bits per heavy atom. The Bertz CT molecular complexity index is 719. The lowest BCUT2D eigenvalue weighted by Gasteiger charge is -2.18. The monoisotopic (exact) mass is 667 g/mol. The number of carbonyl (C=O) groups is 3. The Morgan fingerprint density at radius 3 is 1.04 bits per heavy atom. The Labute approximate surface area is 291 Å². The number of unbranched alkanes of at least 4 members (excludes halogenated alkanes) is 20. The zero-order valence-electron chi connectivity index (χ0n) is 31.9. The molecule has 0 unspecified atom stereocenters.